The molecule has 0 spiro atoms. The molecule has 64 heavy (non-hydrogen) atoms. The summed E-state index contributed by atoms with van der Waals surface area (Å²) in [5, 5.41) is 21.7. The zero-order chi connectivity index (χ0) is 43.7. The van der Waals surface area contributed by atoms with Crippen LogP contribution in [0.15, 0.2) is 107 Å². The molecule has 1 aliphatic rings. The number of nitrogens with one attached hydrogen (secondary N) is 4. The molecule has 0 aliphatic carbocycles. The van der Waals surface area contributed by atoms with Gasteiger partial charge in [0.15, 0.2) is 0 Å². The van der Waals surface area contributed by atoms with E-state index < -0.39 is 30.0 Å². The number of likely N-dealkylation sites (N-methyl/N-ethyl adjacent to an activating group) is 1. The molecule has 0 unspecified atom stereocenters. The van der Waals surface area contributed by atoms with Crippen LogP contribution in [0.4, 0.5) is 58.4 Å². The molecule has 0 radical (unpaired) electrons. The van der Waals surface area contributed by atoms with Crippen LogP contribution in [0.25, 0.3) is 12.2 Å². The predicted octanol–water partition coefficient (Wildman–Crippen LogP) is -1.33. The summed E-state index contributed by atoms with van der Waals surface area (Å²) in [4.78, 5) is 29.2. The summed E-state index contributed by atoms with van der Waals surface area (Å²) in [5.41, 5.74) is 1.50. The van der Waals surface area contributed by atoms with E-state index in [2.05, 4.69) is 51.2 Å². The standard InChI is InChI=1S/C40H42N12O8S2.2Na/c1-2-51(19-22-53)39-47-35(41-29-9-5-3-6-10-29)45-37(48-39)43-31-17-15-27(33(25-31)61(54,55)56)13-14-28-16-18-32(26-34(28)62(57,58)59)44-38-46-36(42-30-11-7-4-8-12-30)49-40(50-38)52-20-23-60-24-21-52;;/h3-18,25-26,53H,2,19-24H2,1H3,(H,54,55,56)(H,57,58,59)(H2,41,43,45,47,48)(H2,42,44,46,49,50);;/q;2*+1/p-2/b14-13+;;. The van der Waals surface area contributed by atoms with Crippen LogP contribution in [-0.2, 0) is 25.0 Å². The van der Waals surface area contributed by atoms with Crippen molar-refractivity contribution in [1.82, 2.24) is 29.9 Å². The van der Waals surface area contributed by atoms with E-state index in [9.17, 15) is 31.0 Å². The Morgan fingerprint density at radius 1 is 0.641 bits per heavy atom. The van der Waals surface area contributed by atoms with Gasteiger partial charge in [0.25, 0.3) is 0 Å². The van der Waals surface area contributed by atoms with E-state index in [1.54, 1.807) is 17.0 Å². The maximum Gasteiger partial charge on any atom is 1.00 e. The van der Waals surface area contributed by atoms with Gasteiger partial charge in [-0.05, 0) is 66.6 Å². The van der Waals surface area contributed by atoms with Crippen LogP contribution in [0.2, 0.25) is 0 Å². The zero-order valence-electron chi connectivity index (χ0n) is 35.0. The van der Waals surface area contributed by atoms with Crippen molar-refractivity contribution in [3.63, 3.8) is 0 Å². The second kappa shape index (κ2) is 22.9. The van der Waals surface area contributed by atoms with E-state index in [-0.39, 0.29) is 125 Å². The fraction of sp³-hybridized carbons (Fsp3) is 0.200. The van der Waals surface area contributed by atoms with Gasteiger partial charge in [0.2, 0.25) is 35.7 Å². The molecule has 1 fully saturated rings. The van der Waals surface area contributed by atoms with E-state index >= 15 is 0 Å². The van der Waals surface area contributed by atoms with E-state index in [1.807, 2.05) is 60.4 Å². The van der Waals surface area contributed by atoms with Gasteiger partial charge in [0, 0.05) is 48.9 Å². The van der Waals surface area contributed by atoms with Gasteiger partial charge >= 0.3 is 59.1 Å². The Morgan fingerprint density at radius 3 is 1.47 bits per heavy atom. The first-order valence-electron chi connectivity index (χ1n) is 19.1. The van der Waals surface area contributed by atoms with Crippen molar-refractivity contribution < 1.29 is 94.9 Å². The molecule has 1 aliphatic heterocycles. The Kier molecular flexibility index (Phi) is 17.9. The number of para-hydroxylation sites is 2. The van der Waals surface area contributed by atoms with E-state index in [0.717, 1.165) is 12.1 Å². The number of nitrogens with zero attached hydrogens (tertiary/aromatic N) is 8. The minimum atomic E-state index is -5.12. The molecule has 6 aromatic rings. The Bertz CT molecular complexity index is 2600. The summed E-state index contributed by atoms with van der Waals surface area (Å²) < 4.78 is 81.1. The second-order valence-corrected chi connectivity index (χ2v) is 16.1. The number of morpholine rings is 1. The molecule has 20 nitrogen and oxygen atoms in total. The summed E-state index contributed by atoms with van der Waals surface area (Å²) in [6.07, 6.45) is 2.43. The summed E-state index contributed by atoms with van der Waals surface area (Å²) in [6, 6.07) is 26.1. The molecule has 1 saturated heterocycles. The first-order valence-corrected chi connectivity index (χ1v) is 21.9. The minimum absolute atomic E-state index is 0. The molecule has 5 N–H and O–H groups in total. The summed E-state index contributed by atoms with van der Waals surface area (Å²) in [7, 11) is -10.2. The minimum Gasteiger partial charge on any atom is -0.744 e. The predicted molar refractivity (Wildman–Crippen MR) is 231 cm³/mol. The van der Waals surface area contributed by atoms with Crippen molar-refractivity contribution in [1.29, 1.82) is 0 Å². The smallest absolute Gasteiger partial charge is 0.744 e. The molecule has 3 heterocycles. The Balaban J connectivity index is 0.00000385. The zero-order valence-corrected chi connectivity index (χ0v) is 40.7. The van der Waals surface area contributed by atoms with Gasteiger partial charge in [-0.2, -0.15) is 29.9 Å². The normalized spacial score (nSPS) is 12.8. The van der Waals surface area contributed by atoms with Gasteiger partial charge in [-0.15, -0.1) is 0 Å². The fourth-order valence-corrected chi connectivity index (χ4v) is 7.58. The fourth-order valence-electron chi connectivity index (χ4n) is 6.19. The third-order valence-electron chi connectivity index (χ3n) is 9.16. The van der Waals surface area contributed by atoms with Crippen LogP contribution in [0.5, 0.6) is 0 Å². The van der Waals surface area contributed by atoms with Crippen LogP contribution in [0, 0.1) is 0 Å². The van der Waals surface area contributed by atoms with Gasteiger partial charge in [0.05, 0.1) is 29.6 Å². The van der Waals surface area contributed by atoms with Crippen molar-refractivity contribution in [3.05, 3.63) is 108 Å². The average molecular weight is 927 g/mol. The quantitative estimate of drug-likeness (QED) is 0.0403. The van der Waals surface area contributed by atoms with Crippen molar-refractivity contribution in [2.75, 3.05) is 77.1 Å². The SMILES string of the molecule is CCN(CCO)c1nc(Nc2ccccc2)nc(Nc2ccc(/C=C/c3ccc(Nc4nc(Nc5ccccc5)nc(N5CCOCC5)n4)cc3S(=O)(=O)[O-])c(S(=O)(=O)[O-])c2)n1.[Na+].[Na+]. The first kappa shape index (κ1) is 50.2. The Hall–Kier alpha value is -4.82. The van der Waals surface area contributed by atoms with Crippen LogP contribution in [-0.4, -0.2) is 107 Å². The monoisotopic (exact) mass is 926 g/mol. The van der Waals surface area contributed by atoms with Crippen molar-refractivity contribution in [3.8, 4) is 0 Å². The molecule has 2 aromatic heterocycles. The first-order chi connectivity index (χ1) is 29.8. The number of hydrogen-bond acceptors (Lipinski definition) is 20. The molecular formula is C40H40N12Na2O8S2. The number of benzene rings is 4. The molecule has 0 saturated carbocycles. The second-order valence-electron chi connectivity index (χ2n) is 13.4. The van der Waals surface area contributed by atoms with Crippen LogP contribution < -0.4 is 90.2 Å². The van der Waals surface area contributed by atoms with Crippen molar-refractivity contribution in [2.24, 2.45) is 0 Å². The van der Waals surface area contributed by atoms with Gasteiger partial charge in [-0.3, -0.25) is 0 Å². The topological polar surface area (TPSA) is 276 Å². The largest absolute Gasteiger partial charge is 1.00 e. The molecule has 322 valence electrons. The Labute approximate surface area is 414 Å². The maximum atomic E-state index is 12.6. The summed E-state index contributed by atoms with van der Waals surface area (Å²) in [6.45, 7) is 4.36. The summed E-state index contributed by atoms with van der Waals surface area (Å²) in [5.74, 6) is 0.976. The van der Waals surface area contributed by atoms with Gasteiger partial charge in [0.1, 0.15) is 20.2 Å². The average Bonchev–Trinajstić information content (AvgIpc) is 3.25. The third-order valence-corrected chi connectivity index (χ3v) is 10.9. The third kappa shape index (κ3) is 13.6. The Morgan fingerprint density at radius 2 is 1.06 bits per heavy atom. The molecule has 7 rings (SSSR count). The molecule has 0 atom stereocenters. The number of anilines is 10. The number of aliphatic hydroxyl groups is 1. The van der Waals surface area contributed by atoms with Gasteiger partial charge in [-0.1, -0.05) is 60.7 Å². The number of aliphatic hydroxyl groups excluding tert-OH is 1. The molecular weight excluding hydrogens is 887 g/mol. The molecule has 0 bridgehead atoms. The van der Waals surface area contributed by atoms with E-state index in [1.165, 1.54) is 36.4 Å². The van der Waals surface area contributed by atoms with Gasteiger partial charge < -0.3 is 50.0 Å². The number of ether oxygens (including phenoxy) is 1. The number of rotatable bonds is 17. The van der Waals surface area contributed by atoms with Crippen LogP contribution in [0.1, 0.15) is 18.1 Å². The maximum absolute atomic E-state index is 12.6. The molecule has 0 amide bonds. The molecule has 4 aromatic carbocycles. The van der Waals surface area contributed by atoms with Crippen molar-refractivity contribution >= 4 is 90.8 Å². The van der Waals surface area contributed by atoms with E-state index in [4.69, 9.17) is 4.74 Å². The van der Waals surface area contributed by atoms with E-state index in [0.29, 0.717) is 50.2 Å². The summed E-state index contributed by atoms with van der Waals surface area (Å²) >= 11 is 0. The van der Waals surface area contributed by atoms with Crippen LogP contribution in [0.3, 0.4) is 0 Å². The number of aromatic nitrogens is 6. The van der Waals surface area contributed by atoms with Crippen LogP contribution >= 0.6 is 0 Å². The van der Waals surface area contributed by atoms with Crippen molar-refractivity contribution in [2.45, 2.75) is 16.7 Å². The number of hydrogen-bond donors (Lipinski definition) is 5. The molecule has 24 heteroatoms. The van der Waals surface area contributed by atoms with Gasteiger partial charge in [-0.25, -0.2) is 16.8 Å².